The fraction of sp³-hybridized carbons (Fsp3) is 0.286. The second-order valence-electron chi connectivity index (χ2n) is 5.35. The minimum Gasteiger partial charge on any atom is -0.471 e. The highest BCUT2D eigenvalue weighted by Crippen LogP contribution is 2.33. The molecule has 0 bridgehead atoms. The van der Waals surface area contributed by atoms with Gasteiger partial charge in [0, 0.05) is 12.8 Å². The van der Waals surface area contributed by atoms with E-state index in [1.807, 2.05) is 0 Å². The topological polar surface area (TPSA) is 94.2 Å². The van der Waals surface area contributed by atoms with Crippen molar-refractivity contribution < 1.29 is 32.2 Å². The first kappa shape index (κ1) is 18.5. The molecule has 1 heterocycles. The molecule has 12 heteroatoms. The van der Waals surface area contributed by atoms with E-state index in [0.29, 0.717) is 22.9 Å². The van der Waals surface area contributed by atoms with Gasteiger partial charge in [-0.1, -0.05) is 33.5 Å². The highest BCUT2D eigenvalue weighted by Gasteiger charge is 2.43. The van der Waals surface area contributed by atoms with Crippen molar-refractivity contribution >= 4 is 35.1 Å². The van der Waals surface area contributed by atoms with Gasteiger partial charge < -0.3 is 9.47 Å². The zero-order valence-electron chi connectivity index (χ0n) is 12.6. The number of aromatic nitrogens is 3. The monoisotopic (exact) mass is 409 g/mol. The number of esters is 2. The highest BCUT2D eigenvalue weighted by atomic mass is 35.5. The summed E-state index contributed by atoms with van der Waals surface area (Å²) < 4.78 is 45.8. The predicted octanol–water partition coefficient (Wildman–Crippen LogP) is 2.90. The summed E-state index contributed by atoms with van der Waals surface area (Å²) in [5, 5.41) is 9.60. The second-order valence-corrected chi connectivity index (χ2v) is 6.16. The van der Waals surface area contributed by atoms with Crippen LogP contribution in [0.4, 0.5) is 13.2 Å². The van der Waals surface area contributed by atoms with E-state index >= 15 is 0 Å². The van der Waals surface area contributed by atoms with Crippen LogP contribution < -0.4 is 4.74 Å². The summed E-state index contributed by atoms with van der Waals surface area (Å²) in [7, 11) is 0. The minimum atomic E-state index is -5.31. The molecule has 3 rings (SSSR count). The Morgan fingerprint density at radius 2 is 1.73 bits per heavy atom. The third kappa shape index (κ3) is 3.75. The minimum absolute atomic E-state index is 0.375. The van der Waals surface area contributed by atoms with Gasteiger partial charge in [0.15, 0.2) is 0 Å². The van der Waals surface area contributed by atoms with Crippen molar-refractivity contribution in [3.05, 3.63) is 39.0 Å². The van der Waals surface area contributed by atoms with Crippen LogP contribution in [0.25, 0.3) is 0 Å². The fourth-order valence-electron chi connectivity index (χ4n) is 2.44. The number of H-pyrrole nitrogens is 1. The van der Waals surface area contributed by atoms with Gasteiger partial charge in [-0.25, -0.2) is 14.7 Å². The van der Waals surface area contributed by atoms with Crippen LogP contribution in [-0.2, 0) is 22.4 Å². The lowest BCUT2D eigenvalue weighted by molar-refractivity contribution is -0.193. The van der Waals surface area contributed by atoms with Gasteiger partial charge in [-0.05, 0) is 23.3 Å². The van der Waals surface area contributed by atoms with E-state index in [9.17, 15) is 22.8 Å². The van der Waals surface area contributed by atoms with Gasteiger partial charge in [0.1, 0.15) is 6.10 Å². The summed E-state index contributed by atoms with van der Waals surface area (Å²) in [5.41, 5.74) is 1.16. The third-order valence-corrected chi connectivity index (χ3v) is 4.28. The number of ether oxygens (including phenoxy) is 2. The largest absolute Gasteiger partial charge is 0.491 e. The third-order valence-electron chi connectivity index (χ3n) is 3.55. The normalized spacial score (nSPS) is 14.2. The lowest BCUT2D eigenvalue weighted by atomic mass is 10.1. The molecule has 0 unspecified atom stereocenters. The SMILES string of the molecule is O=C(OC(=O)C(F)(F)F)c1[nH]nnc1OC1Cc2cc(Cl)c(Cl)cc2C1. The first-order valence-corrected chi connectivity index (χ1v) is 7.78. The Balaban J connectivity index is 1.70. The number of aromatic amines is 1. The summed E-state index contributed by atoms with van der Waals surface area (Å²) in [6.45, 7) is 0. The van der Waals surface area contributed by atoms with E-state index < -0.39 is 29.9 Å². The molecule has 1 aliphatic rings. The van der Waals surface area contributed by atoms with Crippen molar-refractivity contribution in [2.75, 3.05) is 0 Å². The van der Waals surface area contributed by atoms with Gasteiger partial charge in [-0.2, -0.15) is 13.2 Å². The van der Waals surface area contributed by atoms with Gasteiger partial charge in [0.2, 0.25) is 5.69 Å². The van der Waals surface area contributed by atoms with Crippen LogP contribution in [-0.4, -0.2) is 39.6 Å². The number of nitrogens with one attached hydrogen (secondary N) is 1. The van der Waals surface area contributed by atoms with Gasteiger partial charge >= 0.3 is 18.1 Å². The highest BCUT2D eigenvalue weighted by molar-refractivity contribution is 6.42. The van der Waals surface area contributed by atoms with E-state index in [1.54, 1.807) is 12.1 Å². The van der Waals surface area contributed by atoms with E-state index in [2.05, 4.69) is 20.1 Å². The van der Waals surface area contributed by atoms with Crippen molar-refractivity contribution in [2.45, 2.75) is 25.1 Å². The van der Waals surface area contributed by atoms with E-state index in [4.69, 9.17) is 27.9 Å². The lowest BCUT2D eigenvalue weighted by Gasteiger charge is -2.11. The Labute approximate surface area is 153 Å². The molecular formula is C14H8Cl2F3N3O4. The Hall–Kier alpha value is -2.33. The Morgan fingerprint density at radius 3 is 2.27 bits per heavy atom. The van der Waals surface area contributed by atoms with Crippen molar-refractivity contribution in [3.8, 4) is 5.88 Å². The van der Waals surface area contributed by atoms with Crippen molar-refractivity contribution in [1.82, 2.24) is 15.4 Å². The first-order valence-electron chi connectivity index (χ1n) is 7.03. The summed E-state index contributed by atoms with van der Waals surface area (Å²) in [5.74, 6) is -4.63. The second kappa shape index (κ2) is 6.76. The van der Waals surface area contributed by atoms with Crippen LogP contribution in [0.2, 0.25) is 10.0 Å². The molecule has 7 nitrogen and oxygen atoms in total. The molecule has 0 aliphatic heterocycles. The lowest BCUT2D eigenvalue weighted by Crippen LogP contribution is -2.28. The number of halogens is 5. The maximum atomic E-state index is 12.2. The number of fused-ring (bicyclic) bond motifs is 1. The molecule has 0 fully saturated rings. The molecule has 0 saturated heterocycles. The van der Waals surface area contributed by atoms with E-state index in [1.165, 1.54) is 0 Å². The van der Waals surface area contributed by atoms with Gasteiger partial charge in [0.05, 0.1) is 10.0 Å². The number of rotatable bonds is 3. The molecular weight excluding hydrogens is 402 g/mol. The molecule has 2 aromatic rings. The predicted molar refractivity (Wildman–Crippen MR) is 81.1 cm³/mol. The maximum absolute atomic E-state index is 12.2. The summed E-state index contributed by atoms with van der Waals surface area (Å²) in [6.07, 6.45) is -4.96. The molecule has 1 aromatic carbocycles. The van der Waals surface area contributed by atoms with Crippen molar-refractivity contribution in [1.29, 1.82) is 0 Å². The quantitative estimate of drug-likeness (QED) is 0.618. The number of carbonyl (C=O) groups is 2. The molecule has 1 aliphatic carbocycles. The van der Waals surface area contributed by atoms with Gasteiger partial charge in [-0.3, -0.25) is 0 Å². The zero-order chi connectivity index (χ0) is 19.1. The van der Waals surface area contributed by atoms with Crippen LogP contribution in [0.3, 0.4) is 0 Å². The molecule has 0 saturated carbocycles. The molecule has 1 N–H and O–H groups in total. The number of carbonyl (C=O) groups excluding carboxylic acids is 2. The fourth-order valence-corrected chi connectivity index (χ4v) is 2.81. The number of nitrogens with zero attached hydrogens (tertiary/aromatic N) is 2. The van der Waals surface area contributed by atoms with Gasteiger partial charge in [0.25, 0.3) is 5.88 Å². The number of alkyl halides is 3. The van der Waals surface area contributed by atoms with E-state index in [-0.39, 0.29) is 5.88 Å². The Bertz CT molecular complexity index is 854. The van der Waals surface area contributed by atoms with Crippen LogP contribution >= 0.6 is 23.2 Å². The molecule has 26 heavy (non-hydrogen) atoms. The molecule has 1 aromatic heterocycles. The average molecular weight is 410 g/mol. The van der Waals surface area contributed by atoms with Crippen LogP contribution in [0.5, 0.6) is 5.88 Å². The molecule has 0 spiro atoms. The Kier molecular flexibility index (Phi) is 4.80. The number of benzene rings is 1. The van der Waals surface area contributed by atoms with E-state index in [0.717, 1.165) is 11.1 Å². The standard InChI is InChI=1S/C14H8Cl2F3N3O4/c15-8-3-5-1-7(2-6(5)4-9(8)16)25-11-10(20-22-21-11)12(23)26-13(24)14(17,18)19/h3-4,7H,1-2H2,(H,20,21,22). The Morgan fingerprint density at radius 1 is 1.15 bits per heavy atom. The first-order chi connectivity index (χ1) is 12.1. The van der Waals surface area contributed by atoms with Crippen LogP contribution in [0.1, 0.15) is 21.6 Å². The molecule has 0 atom stereocenters. The van der Waals surface area contributed by atoms with Crippen LogP contribution in [0.15, 0.2) is 12.1 Å². The van der Waals surface area contributed by atoms with Crippen molar-refractivity contribution in [2.24, 2.45) is 0 Å². The van der Waals surface area contributed by atoms with Crippen LogP contribution in [0, 0.1) is 0 Å². The summed E-state index contributed by atoms with van der Waals surface area (Å²) in [4.78, 5) is 22.4. The molecule has 0 radical (unpaired) electrons. The molecule has 0 amide bonds. The number of hydrogen-bond donors (Lipinski definition) is 1. The van der Waals surface area contributed by atoms with Gasteiger partial charge in [-0.15, -0.1) is 0 Å². The average Bonchev–Trinajstić information content (AvgIpc) is 3.13. The maximum Gasteiger partial charge on any atom is 0.491 e. The molecule has 138 valence electrons. The summed E-state index contributed by atoms with van der Waals surface area (Å²) >= 11 is 11.9. The number of hydrogen-bond acceptors (Lipinski definition) is 6. The summed E-state index contributed by atoms with van der Waals surface area (Å²) in [6, 6.07) is 3.37. The van der Waals surface area contributed by atoms with Crippen molar-refractivity contribution in [3.63, 3.8) is 0 Å². The zero-order valence-corrected chi connectivity index (χ0v) is 14.1. The smallest absolute Gasteiger partial charge is 0.471 e.